The van der Waals surface area contributed by atoms with Gasteiger partial charge in [-0.3, -0.25) is 30.3 Å². The molecule has 8 nitrogen and oxygen atoms in total. The number of carbonyl (C=O) groups is 3. The number of nitrogens with zero attached hydrogens (tertiary/aromatic N) is 1. The van der Waals surface area contributed by atoms with Crippen LogP contribution < -0.4 is 10.9 Å². The van der Waals surface area contributed by atoms with E-state index < -0.39 is 23.7 Å². The zero-order valence-corrected chi connectivity index (χ0v) is 14.1. The highest BCUT2D eigenvalue weighted by Crippen LogP contribution is 2.22. The predicted molar refractivity (Wildman–Crippen MR) is 92.3 cm³/mol. The normalized spacial score (nSPS) is 14.2. The molecule has 26 heavy (non-hydrogen) atoms. The highest BCUT2D eigenvalue weighted by atomic mass is 16.4. The van der Waals surface area contributed by atoms with Crippen LogP contribution >= 0.6 is 0 Å². The Labute approximate surface area is 150 Å². The molecule has 1 aromatic heterocycles. The van der Waals surface area contributed by atoms with E-state index in [1.807, 2.05) is 0 Å². The largest absolute Gasteiger partial charge is 0.481 e. The molecule has 0 saturated heterocycles. The molecule has 0 aliphatic heterocycles. The third-order valence-corrected chi connectivity index (χ3v) is 4.48. The molecule has 1 heterocycles. The Morgan fingerprint density at radius 2 is 1.85 bits per heavy atom. The fourth-order valence-electron chi connectivity index (χ4n) is 3.12. The van der Waals surface area contributed by atoms with Crippen molar-refractivity contribution in [3.8, 4) is 0 Å². The van der Waals surface area contributed by atoms with Crippen molar-refractivity contribution in [1.29, 1.82) is 0 Å². The van der Waals surface area contributed by atoms with E-state index in [2.05, 4.69) is 21.0 Å². The molecule has 0 spiro atoms. The number of hydrazine groups is 1. The van der Waals surface area contributed by atoms with Crippen molar-refractivity contribution in [2.45, 2.75) is 38.0 Å². The first-order valence-corrected chi connectivity index (χ1v) is 8.49. The molecule has 0 radical (unpaired) electrons. The minimum absolute atomic E-state index is 0.276. The lowest BCUT2D eigenvalue weighted by Crippen LogP contribution is -2.43. The Hall–Kier alpha value is -3.16. The van der Waals surface area contributed by atoms with E-state index in [0.29, 0.717) is 5.56 Å². The fourth-order valence-corrected chi connectivity index (χ4v) is 3.12. The van der Waals surface area contributed by atoms with Crippen LogP contribution in [0.25, 0.3) is 0 Å². The summed E-state index contributed by atoms with van der Waals surface area (Å²) in [5.74, 6) is -3.17. The van der Waals surface area contributed by atoms with Crippen molar-refractivity contribution in [2.24, 2.45) is 0 Å². The molecule has 136 valence electrons. The van der Waals surface area contributed by atoms with Gasteiger partial charge in [-0.1, -0.05) is 30.3 Å². The Morgan fingerprint density at radius 1 is 1.12 bits per heavy atom. The lowest BCUT2D eigenvalue weighted by molar-refractivity contribution is -0.140. The van der Waals surface area contributed by atoms with Gasteiger partial charge in [0.15, 0.2) is 5.69 Å². The van der Waals surface area contributed by atoms with Gasteiger partial charge < -0.3 is 5.11 Å². The minimum atomic E-state index is -1.10. The number of fused-ring (bicyclic) bond motifs is 1. The molecule has 3 rings (SSSR count). The molecule has 1 aromatic carbocycles. The lowest BCUT2D eigenvalue weighted by atomic mass is 9.95. The number of aromatic nitrogens is 2. The van der Waals surface area contributed by atoms with Gasteiger partial charge in [-0.15, -0.1) is 0 Å². The van der Waals surface area contributed by atoms with Gasteiger partial charge in [-0.05, 0) is 31.2 Å². The predicted octanol–water partition coefficient (Wildman–Crippen LogP) is 1.31. The van der Waals surface area contributed by atoms with Crippen LogP contribution in [0.4, 0.5) is 0 Å². The maximum absolute atomic E-state index is 12.2. The number of aliphatic carboxylic acids is 1. The van der Waals surface area contributed by atoms with E-state index in [9.17, 15) is 19.5 Å². The first-order chi connectivity index (χ1) is 12.6. The number of carboxylic acids is 1. The second-order valence-electron chi connectivity index (χ2n) is 6.24. The highest BCUT2D eigenvalue weighted by molar-refractivity contribution is 5.95. The number of aryl methyl sites for hydroxylation is 1. The van der Waals surface area contributed by atoms with Gasteiger partial charge in [0.05, 0.1) is 5.92 Å². The molecular formula is C18H20N4O4. The van der Waals surface area contributed by atoms with Gasteiger partial charge in [0.1, 0.15) is 0 Å². The molecule has 0 saturated carbocycles. The average Bonchev–Trinajstić information content (AvgIpc) is 3.09. The number of carbonyl (C=O) groups excluding carboxylic acids is 2. The molecule has 1 aliphatic rings. The summed E-state index contributed by atoms with van der Waals surface area (Å²) in [6.07, 6.45) is 3.41. The van der Waals surface area contributed by atoms with Crippen molar-refractivity contribution in [3.63, 3.8) is 0 Å². The first kappa shape index (κ1) is 17.7. The molecular weight excluding hydrogens is 336 g/mol. The number of nitrogens with one attached hydrogen (secondary N) is 3. The Bertz CT molecular complexity index is 816. The third kappa shape index (κ3) is 3.90. The summed E-state index contributed by atoms with van der Waals surface area (Å²) in [4.78, 5) is 35.8. The van der Waals surface area contributed by atoms with E-state index in [1.165, 1.54) is 0 Å². The van der Waals surface area contributed by atoms with Crippen molar-refractivity contribution < 1.29 is 19.5 Å². The van der Waals surface area contributed by atoms with Crippen molar-refractivity contribution in [1.82, 2.24) is 21.0 Å². The molecule has 1 atom stereocenters. The average molecular weight is 356 g/mol. The Balaban J connectivity index is 1.59. The van der Waals surface area contributed by atoms with Gasteiger partial charge in [-0.25, -0.2) is 0 Å². The Morgan fingerprint density at radius 3 is 2.58 bits per heavy atom. The Kier molecular flexibility index (Phi) is 5.31. The van der Waals surface area contributed by atoms with Crippen molar-refractivity contribution in [3.05, 3.63) is 52.8 Å². The van der Waals surface area contributed by atoms with Crippen LogP contribution in [0.1, 0.15) is 52.5 Å². The van der Waals surface area contributed by atoms with Crippen molar-refractivity contribution in [2.75, 3.05) is 0 Å². The van der Waals surface area contributed by atoms with Crippen LogP contribution in [0.5, 0.6) is 0 Å². The quantitative estimate of drug-likeness (QED) is 0.601. The smallest absolute Gasteiger partial charge is 0.311 e. The summed E-state index contributed by atoms with van der Waals surface area (Å²) in [6, 6.07) is 8.51. The van der Waals surface area contributed by atoms with Gasteiger partial charge in [0.25, 0.3) is 5.91 Å². The summed E-state index contributed by atoms with van der Waals surface area (Å²) in [6.45, 7) is 0. The van der Waals surface area contributed by atoms with E-state index in [1.54, 1.807) is 30.3 Å². The number of H-pyrrole nitrogens is 1. The van der Waals surface area contributed by atoms with E-state index in [4.69, 9.17) is 0 Å². The molecule has 4 N–H and O–H groups in total. The standard InChI is InChI=1S/C18H20N4O4/c23-15(10-13(18(25)26)11-6-2-1-3-7-11)20-22-17(24)16-12-8-4-5-9-14(12)19-21-16/h1-3,6-7,13H,4-5,8-10H2,(H,19,21)(H,20,23)(H,22,24)(H,25,26). The van der Waals surface area contributed by atoms with Crippen LogP contribution in [0.2, 0.25) is 0 Å². The molecule has 2 aromatic rings. The van der Waals surface area contributed by atoms with Crippen LogP contribution in [0, 0.1) is 0 Å². The topological polar surface area (TPSA) is 124 Å². The summed E-state index contributed by atoms with van der Waals surface area (Å²) >= 11 is 0. The zero-order chi connectivity index (χ0) is 18.5. The first-order valence-electron chi connectivity index (χ1n) is 8.49. The number of rotatable bonds is 5. The lowest BCUT2D eigenvalue weighted by Gasteiger charge is -2.14. The number of hydrogen-bond acceptors (Lipinski definition) is 4. The summed E-state index contributed by atoms with van der Waals surface area (Å²) < 4.78 is 0. The minimum Gasteiger partial charge on any atom is -0.481 e. The maximum atomic E-state index is 12.2. The second-order valence-corrected chi connectivity index (χ2v) is 6.24. The maximum Gasteiger partial charge on any atom is 0.311 e. The summed E-state index contributed by atoms with van der Waals surface area (Å²) in [5, 5.41) is 16.2. The molecule has 2 amide bonds. The van der Waals surface area contributed by atoms with E-state index in [-0.39, 0.29) is 12.1 Å². The van der Waals surface area contributed by atoms with Crippen LogP contribution in [0.15, 0.2) is 30.3 Å². The zero-order valence-electron chi connectivity index (χ0n) is 14.1. The third-order valence-electron chi connectivity index (χ3n) is 4.48. The fraction of sp³-hybridized carbons (Fsp3) is 0.333. The number of benzene rings is 1. The number of hydrogen-bond donors (Lipinski definition) is 4. The van der Waals surface area contributed by atoms with Crippen LogP contribution in [0.3, 0.4) is 0 Å². The van der Waals surface area contributed by atoms with Gasteiger partial charge in [0, 0.05) is 17.7 Å². The van der Waals surface area contributed by atoms with Gasteiger partial charge in [-0.2, -0.15) is 5.10 Å². The molecule has 1 aliphatic carbocycles. The van der Waals surface area contributed by atoms with E-state index >= 15 is 0 Å². The van der Waals surface area contributed by atoms with Gasteiger partial charge >= 0.3 is 5.97 Å². The summed E-state index contributed by atoms with van der Waals surface area (Å²) in [5.41, 5.74) is 7.25. The molecule has 0 bridgehead atoms. The van der Waals surface area contributed by atoms with Crippen LogP contribution in [-0.2, 0) is 22.4 Å². The number of carboxylic acid groups (broad SMARTS) is 1. The highest BCUT2D eigenvalue weighted by Gasteiger charge is 2.25. The number of aromatic amines is 1. The van der Waals surface area contributed by atoms with Gasteiger partial charge in [0.2, 0.25) is 5.91 Å². The number of amides is 2. The second kappa shape index (κ2) is 7.81. The molecule has 0 fully saturated rings. The molecule has 1 unspecified atom stereocenters. The van der Waals surface area contributed by atoms with E-state index in [0.717, 1.165) is 36.9 Å². The molecule has 8 heteroatoms. The van der Waals surface area contributed by atoms with Crippen molar-refractivity contribution >= 4 is 17.8 Å². The van der Waals surface area contributed by atoms with Crippen LogP contribution in [-0.4, -0.2) is 33.1 Å². The summed E-state index contributed by atoms with van der Waals surface area (Å²) in [7, 11) is 0. The SMILES string of the molecule is O=C(CC(C(=O)O)c1ccccc1)NNC(=O)c1n[nH]c2c1CCCC2. The monoisotopic (exact) mass is 356 g/mol.